The average molecular weight is 408 g/mol. The maximum absolute atomic E-state index is 10.2. The van der Waals surface area contributed by atoms with E-state index in [0.29, 0.717) is 4.48 Å². The molecule has 1 rings (SSSR count). The van der Waals surface area contributed by atoms with Crippen LogP contribution in [0, 0.1) is 0 Å². The van der Waals surface area contributed by atoms with Crippen LogP contribution in [0.4, 0.5) is 0 Å². The number of allylic oxidation sites excluding steroid dienone is 2. The summed E-state index contributed by atoms with van der Waals surface area (Å²) in [6.45, 7) is 9.20. The standard InChI is InChI=1S/C26H51N2O/c1-4-6-7-8-9-10-11-12-13-14-15-16-17-18-19-20-21-22-26-27-23-24-28(26,5-2)25(3)29/h16-17,25,29H,4-15,18-24H2,1-3H3/q+1/b17-16+. The zero-order valence-electron chi connectivity index (χ0n) is 20.0. The Balaban J connectivity index is 1.91. The Labute approximate surface area is 182 Å². The fourth-order valence-electron chi connectivity index (χ4n) is 4.64. The minimum absolute atomic E-state index is 0.324. The lowest BCUT2D eigenvalue weighted by Gasteiger charge is -2.36. The van der Waals surface area contributed by atoms with Crippen LogP contribution in [0.15, 0.2) is 17.1 Å². The average Bonchev–Trinajstić information content (AvgIpc) is 3.14. The van der Waals surface area contributed by atoms with Gasteiger partial charge in [-0.05, 0) is 39.0 Å². The fourth-order valence-corrected chi connectivity index (χ4v) is 4.64. The normalized spacial score (nSPS) is 20.5. The molecule has 1 N–H and O–H groups in total. The number of nitrogens with zero attached hydrogens (tertiary/aromatic N) is 2. The molecule has 1 heterocycles. The van der Waals surface area contributed by atoms with Crippen LogP contribution < -0.4 is 0 Å². The molecule has 1 aliphatic heterocycles. The van der Waals surface area contributed by atoms with Crippen molar-refractivity contribution >= 4 is 5.84 Å². The summed E-state index contributed by atoms with van der Waals surface area (Å²) in [5.41, 5.74) is 0. The zero-order valence-corrected chi connectivity index (χ0v) is 20.0. The van der Waals surface area contributed by atoms with E-state index in [1.54, 1.807) is 0 Å². The molecule has 2 atom stereocenters. The van der Waals surface area contributed by atoms with Crippen molar-refractivity contribution in [2.75, 3.05) is 19.6 Å². The van der Waals surface area contributed by atoms with E-state index in [1.165, 1.54) is 102 Å². The second-order valence-corrected chi connectivity index (χ2v) is 9.05. The summed E-state index contributed by atoms with van der Waals surface area (Å²) in [4.78, 5) is 4.71. The molecule has 2 unspecified atom stereocenters. The summed E-state index contributed by atoms with van der Waals surface area (Å²) >= 11 is 0. The largest absolute Gasteiger partial charge is 0.345 e. The van der Waals surface area contributed by atoms with Crippen LogP contribution in [0.5, 0.6) is 0 Å². The molecule has 0 aromatic carbocycles. The van der Waals surface area contributed by atoms with Crippen molar-refractivity contribution < 1.29 is 9.59 Å². The smallest absolute Gasteiger partial charge is 0.200 e. The van der Waals surface area contributed by atoms with Crippen LogP contribution in [0.3, 0.4) is 0 Å². The van der Waals surface area contributed by atoms with E-state index in [2.05, 4.69) is 26.0 Å². The lowest BCUT2D eigenvalue weighted by Crippen LogP contribution is -2.56. The molecule has 0 saturated heterocycles. The SMILES string of the molecule is CCCCCCCCCCCC/C=C/CCCCCC1=NCC[N+]1(CC)C(C)O. The first-order chi connectivity index (χ1) is 14.2. The molecule has 170 valence electrons. The lowest BCUT2D eigenvalue weighted by molar-refractivity contribution is -0.882. The Morgan fingerprint density at radius 3 is 1.86 bits per heavy atom. The molecule has 0 fully saturated rings. The number of hydrogen-bond donors (Lipinski definition) is 1. The van der Waals surface area contributed by atoms with Gasteiger partial charge >= 0.3 is 0 Å². The maximum Gasteiger partial charge on any atom is 0.200 e. The number of likely N-dealkylation sites (N-methyl/N-ethyl adjacent to an activating group) is 1. The minimum atomic E-state index is -0.324. The van der Waals surface area contributed by atoms with Gasteiger partial charge in [0.1, 0.15) is 6.54 Å². The van der Waals surface area contributed by atoms with Crippen LogP contribution in [-0.2, 0) is 0 Å². The maximum atomic E-state index is 10.2. The van der Waals surface area contributed by atoms with Gasteiger partial charge in [-0.25, -0.2) is 4.99 Å². The van der Waals surface area contributed by atoms with Gasteiger partial charge in [-0.3, -0.25) is 4.48 Å². The van der Waals surface area contributed by atoms with E-state index in [1.807, 2.05) is 6.92 Å². The third-order valence-electron chi connectivity index (χ3n) is 6.75. The minimum Gasteiger partial charge on any atom is -0.345 e. The highest BCUT2D eigenvalue weighted by Gasteiger charge is 2.40. The molecule has 3 nitrogen and oxygen atoms in total. The number of hydrogen-bond acceptors (Lipinski definition) is 2. The van der Waals surface area contributed by atoms with Crippen LogP contribution in [-0.4, -0.2) is 41.3 Å². The molecule has 0 bridgehead atoms. The molecule has 0 radical (unpaired) electrons. The van der Waals surface area contributed by atoms with Gasteiger partial charge < -0.3 is 5.11 Å². The summed E-state index contributed by atoms with van der Waals surface area (Å²) in [5.74, 6) is 1.24. The van der Waals surface area contributed by atoms with Crippen LogP contribution in [0.1, 0.15) is 124 Å². The van der Waals surface area contributed by atoms with Crippen LogP contribution in [0.25, 0.3) is 0 Å². The number of amidine groups is 1. The van der Waals surface area contributed by atoms with E-state index in [4.69, 9.17) is 4.99 Å². The Morgan fingerprint density at radius 2 is 1.34 bits per heavy atom. The monoisotopic (exact) mass is 407 g/mol. The predicted octanol–water partition coefficient (Wildman–Crippen LogP) is 7.39. The Morgan fingerprint density at radius 1 is 0.828 bits per heavy atom. The molecule has 1 aliphatic rings. The number of aliphatic hydroxyl groups is 1. The van der Waals surface area contributed by atoms with Gasteiger partial charge in [0, 0.05) is 13.3 Å². The summed E-state index contributed by atoms with van der Waals surface area (Å²) < 4.78 is 0.707. The van der Waals surface area contributed by atoms with Gasteiger partial charge in [0.15, 0.2) is 6.23 Å². The summed E-state index contributed by atoms with van der Waals surface area (Å²) in [6.07, 6.45) is 26.0. The second-order valence-electron chi connectivity index (χ2n) is 9.05. The van der Waals surface area contributed by atoms with Crippen molar-refractivity contribution in [1.82, 2.24) is 0 Å². The topological polar surface area (TPSA) is 32.6 Å². The highest BCUT2D eigenvalue weighted by atomic mass is 16.3. The first-order valence-electron chi connectivity index (χ1n) is 12.9. The number of rotatable bonds is 19. The van der Waals surface area contributed by atoms with E-state index in [0.717, 1.165) is 26.1 Å². The Bertz CT molecular complexity index is 444. The van der Waals surface area contributed by atoms with E-state index < -0.39 is 0 Å². The first-order valence-corrected chi connectivity index (χ1v) is 12.9. The van der Waals surface area contributed by atoms with E-state index in [-0.39, 0.29) is 6.23 Å². The van der Waals surface area contributed by atoms with Crippen molar-refractivity contribution in [3.63, 3.8) is 0 Å². The quantitative estimate of drug-likeness (QED) is 0.135. The molecule has 0 aromatic heterocycles. The second kappa shape index (κ2) is 17.1. The molecule has 0 spiro atoms. The Hall–Kier alpha value is -0.670. The number of aliphatic hydroxyl groups excluding tert-OH is 1. The van der Waals surface area contributed by atoms with Gasteiger partial charge in [-0.1, -0.05) is 83.3 Å². The highest BCUT2D eigenvalue weighted by Crippen LogP contribution is 2.22. The molecule has 0 amide bonds. The summed E-state index contributed by atoms with van der Waals surface area (Å²) in [6, 6.07) is 0. The number of aliphatic imine (C=N–C) groups is 1. The fraction of sp³-hybridized carbons (Fsp3) is 0.885. The molecular formula is C26H51N2O+. The third-order valence-corrected chi connectivity index (χ3v) is 6.75. The van der Waals surface area contributed by atoms with Crippen molar-refractivity contribution in [2.24, 2.45) is 4.99 Å². The van der Waals surface area contributed by atoms with Crippen molar-refractivity contribution in [2.45, 2.75) is 130 Å². The first kappa shape index (κ1) is 26.4. The van der Waals surface area contributed by atoms with E-state index >= 15 is 0 Å². The van der Waals surface area contributed by atoms with Crippen LogP contribution >= 0.6 is 0 Å². The van der Waals surface area contributed by atoms with Gasteiger partial charge in [0.25, 0.3) is 0 Å². The summed E-state index contributed by atoms with van der Waals surface area (Å²) in [7, 11) is 0. The van der Waals surface area contributed by atoms with Gasteiger partial charge in [-0.2, -0.15) is 0 Å². The zero-order chi connectivity index (χ0) is 21.2. The van der Waals surface area contributed by atoms with Crippen LogP contribution in [0.2, 0.25) is 0 Å². The third kappa shape index (κ3) is 10.8. The van der Waals surface area contributed by atoms with Gasteiger partial charge in [0.05, 0.1) is 13.1 Å². The van der Waals surface area contributed by atoms with Crippen molar-refractivity contribution in [1.29, 1.82) is 0 Å². The Kier molecular flexibility index (Phi) is 15.5. The number of unbranched alkanes of at least 4 members (excludes halogenated alkanes) is 13. The highest BCUT2D eigenvalue weighted by molar-refractivity contribution is 5.76. The molecule has 3 heteroatoms. The lowest BCUT2D eigenvalue weighted by atomic mass is 10.1. The van der Waals surface area contributed by atoms with Gasteiger partial charge in [0.2, 0.25) is 5.84 Å². The molecule has 0 aliphatic carbocycles. The van der Waals surface area contributed by atoms with Gasteiger partial charge in [-0.15, -0.1) is 0 Å². The van der Waals surface area contributed by atoms with Crippen molar-refractivity contribution in [3.8, 4) is 0 Å². The van der Waals surface area contributed by atoms with Crippen molar-refractivity contribution in [3.05, 3.63) is 12.2 Å². The summed E-state index contributed by atoms with van der Waals surface area (Å²) in [5, 5.41) is 10.2. The van der Waals surface area contributed by atoms with E-state index in [9.17, 15) is 5.11 Å². The predicted molar refractivity (Wildman–Crippen MR) is 128 cm³/mol. The molecule has 0 saturated carbocycles. The number of quaternary nitrogens is 1. The molecule has 0 aromatic rings. The molecule has 29 heavy (non-hydrogen) atoms. The molecular weight excluding hydrogens is 356 g/mol.